The molecule has 0 saturated heterocycles. The largest absolute Gasteiger partial charge is 0.543 e. The lowest BCUT2D eigenvalue weighted by atomic mass is 9.99. The molecule has 1 aromatic rings. The van der Waals surface area contributed by atoms with E-state index < -0.39 is 8.32 Å². The van der Waals surface area contributed by atoms with Crippen molar-refractivity contribution in [2.24, 2.45) is 5.92 Å². The van der Waals surface area contributed by atoms with Gasteiger partial charge in [0.1, 0.15) is 5.75 Å². The molecule has 3 heteroatoms. The van der Waals surface area contributed by atoms with E-state index >= 15 is 0 Å². The third-order valence-electron chi connectivity index (χ3n) is 4.16. The molecule has 0 radical (unpaired) electrons. The van der Waals surface area contributed by atoms with Crippen molar-refractivity contribution in [3.8, 4) is 5.75 Å². The summed E-state index contributed by atoms with van der Waals surface area (Å²) in [5.74, 6) is 1.60. The summed E-state index contributed by atoms with van der Waals surface area (Å²) >= 11 is 3.48. The van der Waals surface area contributed by atoms with Gasteiger partial charge in [0.2, 0.25) is 0 Å². The predicted molar refractivity (Wildman–Crippen MR) is 81.1 cm³/mol. The van der Waals surface area contributed by atoms with Crippen LogP contribution in [0.5, 0.6) is 5.75 Å². The van der Waals surface area contributed by atoms with E-state index in [0.717, 1.165) is 10.2 Å². The molecule has 1 nitrogen and oxygen atoms in total. The summed E-state index contributed by atoms with van der Waals surface area (Å²) < 4.78 is 7.39. The fraction of sp³-hybridized carbons (Fsp3) is 0.571. The average molecular weight is 315 g/mol. The quantitative estimate of drug-likeness (QED) is 0.670. The summed E-state index contributed by atoms with van der Waals surface area (Å²) in [6.07, 6.45) is 0. The van der Waals surface area contributed by atoms with Crippen molar-refractivity contribution in [3.05, 3.63) is 28.7 Å². The van der Waals surface area contributed by atoms with Crippen LogP contribution in [0.15, 0.2) is 28.7 Å². The third kappa shape index (κ3) is 3.35. The highest BCUT2D eigenvalue weighted by Gasteiger charge is 2.44. The molecule has 0 amide bonds. The molecule has 0 aliphatic rings. The van der Waals surface area contributed by atoms with Crippen molar-refractivity contribution >= 4 is 24.2 Å². The molecule has 0 aliphatic carbocycles. The number of hydrogen-bond acceptors (Lipinski definition) is 1. The van der Waals surface area contributed by atoms with Gasteiger partial charge in [0.05, 0.1) is 0 Å². The summed E-state index contributed by atoms with van der Waals surface area (Å²) in [6, 6.07) is 8.13. The molecule has 0 aliphatic heterocycles. The molecule has 0 aromatic heterocycles. The molecule has 0 N–H and O–H groups in total. The molecule has 0 saturated carbocycles. The number of halogens is 1. The van der Waals surface area contributed by atoms with Crippen molar-refractivity contribution in [1.29, 1.82) is 0 Å². The molecular weight excluding hydrogens is 292 g/mol. The van der Waals surface area contributed by atoms with Crippen LogP contribution in [0.25, 0.3) is 0 Å². The van der Waals surface area contributed by atoms with Gasteiger partial charge in [0.25, 0.3) is 8.32 Å². The normalized spacial score (nSPS) is 12.9. The van der Waals surface area contributed by atoms with E-state index in [1.807, 2.05) is 24.3 Å². The second-order valence-electron chi connectivity index (χ2n) is 5.95. The van der Waals surface area contributed by atoms with Gasteiger partial charge in [0.15, 0.2) is 0 Å². The summed E-state index contributed by atoms with van der Waals surface area (Å²) in [5.41, 5.74) is 0. The Morgan fingerprint density at radius 3 is 2.29 bits per heavy atom. The smallest absolute Gasteiger partial charge is 0.251 e. The Morgan fingerprint density at radius 2 is 1.82 bits per heavy atom. The van der Waals surface area contributed by atoms with Gasteiger partial charge in [-0.15, -0.1) is 0 Å². The second-order valence-corrected chi connectivity index (χ2v) is 11.4. The van der Waals surface area contributed by atoms with E-state index in [9.17, 15) is 0 Å². The van der Waals surface area contributed by atoms with Crippen LogP contribution in [0, 0.1) is 5.92 Å². The van der Waals surface area contributed by atoms with Crippen LogP contribution < -0.4 is 4.43 Å². The molecule has 0 fully saturated rings. The lowest BCUT2D eigenvalue weighted by Crippen LogP contribution is -2.47. The topological polar surface area (TPSA) is 9.23 Å². The van der Waals surface area contributed by atoms with Crippen LogP contribution in [0.1, 0.15) is 27.7 Å². The van der Waals surface area contributed by atoms with Gasteiger partial charge in [-0.1, -0.05) is 49.7 Å². The predicted octanol–water partition coefficient (Wildman–Crippen LogP) is 5.47. The monoisotopic (exact) mass is 314 g/mol. The number of benzene rings is 1. The van der Waals surface area contributed by atoms with Crippen LogP contribution in [-0.2, 0) is 0 Å². The minimum atomic E-state index is -1.78. The molecule has 0 heterocycles. The van der Waals surface area contributed by atoms with E-state index in [0.29, 0.717) is 5.92 Å². The van der Waals surface area contributed by atoms with Crippen LogP contribution in [0.2, 0.25) is 18.1 Å². The van der Waals surface area contributed by atoms with E-state index in [1.54, 1.807) is 0 Å². The van der Waals surface area contributed by atoms with Crippen molar-refractivity contribution < 1.29 is 4.43 Å². The Hall–Kier alpha value is -0.283. The minimum Gasteiger partial charge on any atom is -0.543 e. The second kappa shape index (κ2) is 5.15. The first kappa shape index (κ1) is 14.8. The molecular formula is C14H23BrOSi. The maximum Gasteiger partial charge on any atom is 0.251 e. The zero-order valence-corrected chi connectivity index (χ0v) is 14.3. The van der Waals surface area contributed by atoms with Gasteiger partial charge in [-0.3, -0.25) is 0 Å². The van der Waals surface area contributed by atoms with Crippen LogP contribution in [0.3, 0.4) is 0 Å². The van der Waals surface area contributed by atoms with Crippen molar-refractivity contribution in [2.45, 2.75) is 45.8 Å². The Kier molecular flexibility index (Phi) is 4.47. The molecule has 96 valence electrons. The fourth-order valence-corrected chi connectivity index (χ4v) is 4.40. The minimum absolute atomic E-state index is 0.245. The van der Waals surface area contributed by atoms with E-state index in [2.05, 4.69) is 56.7 Å². The highest BCUT2D eigenvalue weighted by Crippen LogP contribution is 2.44. The fourth-order valence-electron chi connectivity index (χ4n) is 1.65. The molecule has 1 rings (SSSR count). The zero-order valence-electron chi connectivity index (χ0n) is 11.7. The van der Waals surface area contributed by atoms with Gasteiger partial charge >= 0.3 is 0 Å². The van der Waals surface area contributed by atoms with Crippen LogP contribution >= 0.6 is 15.9 Å². The highest BCUT2D eigenvalue weighted by molar-refractivity contribution is 9.10. The first-order valence-electron chi connectivity index (χ1n) is 6.11. The Morgan fingerprint density at radius 1 is 1.24 bits per heavy atom. The molecule has 0 unspecified atom stereocenters. The van der Waals surface area contributed by atoms with Crippen molar-refractivity contribution in [2.75, 3.05) is 0 Å². The first-order chi connectivity index (χ1) is 7.67. The molecule has 0 spiro atoms. The molecule has 1 aromatic carbocycles. The number of rotatable bonds is 4. The van der Waals surface area contributed by atoms with E-state index in [4.69, 9.17) is 4.43 Å². The SMILES string of the molecule is CC(C)C(C)(C)[Si](C)(C)Oc1cccc(Br)c1. The molecule has 17 heavy (non-hydrogen) atoms. The Balaban J connectivity index is 2.93. The number of hydrogen-bond donors (Lipinski definition) is 0. The van der Waals surface area contributed by atoms with Gasteiger partial charge in [-0.25, -0.2) is 0 Å². The molecule has 0 bridgehead atoms. The van der Waals surface area contributed by atoms with E-state index in [1.165, 1.54) is 0 Å². The lowest BCUT2D eigenvalue weighted by Gasteiger charge is -2.42. The van der Waals surface area contributed by atoms with Gasteiger partial charge in [-0.2, -0.15) is 0 Å². The zero-order chi connectivity index (χ0) is 13.3. The van der Waals surface area contributed by atoms with Gasteiger partial charge in [0, 0.05) is 4.47 Å². The van der Waals surface area contributed by atoms with Crippen molar-refractivity contribution in [3.63, 3.8) is 0 Å². The van der Waals surface area contributed by atoms with Crippen LogP contribution in [0.4, 0.5) is 0 Å². The maximum atomic E-state index is 6.32. The summed E-state index contributed by atoms with van der Waals surface area (Å²) in [4.78, 5) is 0. The summed E-state index contributed by atoms with van der Waals surface area (Å²) in [5, 5.41) is 0.245. The van der Waals surface area contributed by atoms with Crippen molar-refractivity contribution in [1.82, 2.24) is 0 Å². The standard InChI is InChI=1S/C14H23BrOSi/c1-11(2)14(3,4)17(5,6)16-13-9-7-8-12(15)10-13/h7-11H,1-6H3. The van der Waals surface area contributed by atoms with Crippen LogP contribution in [-0.4, -0.2) is 8.32 Å². The maximum absolute atomic E-state index is 6.32. The van der Waals surface area contributed by atoms with Gasteiger partial charge < -0.3 is 4.43 Å². The summed E-state index contributed by atoms with van der Waals surface area (Å²) in [6.45, 7) is 13.8. The Bertz CT molecular complexity index is 386. The third-order valence-corrected chi connectivity index (χ3v) is 9.08. The first-order valence-corrected chi connectivity index (χ1v) is 9.81. The lowest BCUT2D eigenvalue weighted by molar-refractivity contribution is 0.393. The highest BCUT2D eigenvalue weighted by atomic mass is 79.9. The average Bonchev–Trinajstić information content (AvgIpc) is 2.16. The summed E-state index contributed by atoms with van der Waals surface area (Å²) in [7, 11) is -1.78. The van der Waals surface area contributed by atoms with Gasteiger partial charge in [-0.05, 0) is 42.2 Å². The Labute approximate surface area is 115 Å². The van der Waals surface area contributed by atoms with E-state index in [-0.39, 0.29) is 5.04 Å². The molecule has 0 atom stereocenters.